The van der Waals surface area contributed by atoms with Crippen LogP contribution >= 0.6 is 0 Å². The van der Waals surface area contributed by atoms with Gasteiger partial charge in [-0.25, -0.2) is 4.79 Å². The summed E-state index contributed by atoms with van der Waals surface area (Å²) in [5.41, 5.74) is 3.15. The highest BCUT2D eigenvalue weighted by Gasteiger charge is 2.18. The van der Waals surface area contributed by atoms with Gasteiger partial charge in [0, 0.05) is 5.69 Å². The Bertz CT molecular complexity index is 893. The van der Waals surface area contributed by atoms with Crippen LogP contribution in [0.2, 0.25) is 0 Å². The number of benzene rings is 3. The maximum Gasteiger partial charge on any atom is 0.325 e. The normalized spacial score (nSPS) is 11.7. The van der Waals surface area contributed by atoms with Crippen LogP contribution in [0.5, 0.6) is 5.75 Å². The van der Waals surface area contributed by atoms with E-state index in [0.717, 1.165) is 17.0 Å². The van der Waals surface area contributed by atoms with Gasteiger partial charge in [0.1, 0.15) is 5.75 Å². The molecule has 2 amide bonds. The molecule has 0 aliphatic rings. The molecular formula is C25H28N2O2. The zero-order valence-electron chi connectivity index (χ0n) is 17.2. The lowest BCUT2D eigenvalue weighted by atomic mass is 10.0. The van der Waals surface area contributed by atoms with Gasteiger partial charge in [0.25, 0.3) is 0 Å². The molecule has 0 heterocycles. The zero-order chi connectivity index (χ0) is 20.6. The van der Waals surface area contributed by atoms with Gasteiger partial charge in [-0.15, -0.1) is 0 Å². The molecule has 0 saturated carbocycles. The van der Waals surface area contributed by atoms with Crippen LogP contribution in [0, 0.1) is 0 Å². The number of urea groups is 1. The molecule has 3 rings (SSSR count). The fraction of sp³-hybridized carbons (Fsp3) is 0.240. The van der Waals surface area contributed by atoms with E-state index in [4.69, 9.17) is 4.74 Å². The van der Waals surface area contributed by atoms with E-state index in [1.54, 1.807) is 4.90 Å². The minimum absolute atomic E-state index is 0.202. The number of hydrogen-bond donors (Lipinski definition) is 1. The number of nitrogens with zero attached hydrogens (tertiary/aromatic N) is 1. The Hall–Kier alpha value is -3.27. The number of para-hydroxylation sites is 1. The second-order valence-electron chi connectivity index (χ2n) is 7.34. The van der Waals surface area contributed by atoms with Crippen LogP contribution < -0.4 is 15.0 Å². The second kappa shape index (κ2) is 9.78. The number of anilines is 1. The highest BCUT2D eigenvalue weighted by molar-refractivity contribution is 5.92. The summed E-state index contributed by atoms with van der Waals surface area (Å²) in [7, 11) is 0. The fourth-order valence-electron chi connectivity index (χ4n) is 3.07. The molecule has 0 radical (unpaired) electrons. The number of carbonyl (C=O) groups is 1. The molecule has 1 atom stereocenters. The molecule has 0 aliphatic carbocycles. The van der Waals surface area contributed by atoms with E-state index < -0.39 is 6.23 Å². The molecule has 4 heteroatoms. The van der Waals surface area contributed by atoms with E-state index in [1.807, 2.05) is 79.7 Å². The maximum absolute atomic E-state index is 13.0. The van der Waals surface area contributed by atoms with Crippen LogP contribution in [0.25, 0.3) is 0 Å². The van der Waals surface area contributed by atoms with E-state index >= 15 is 0 Å². The largest absolute Gasteiger partial charge is 0.471 e. The first-order valence-electron chi connectivity index (χ1n) is 9.96. The molecule has 1 unspecified atom stereocenters. The minimum Gasteiger partial charge on any atom is -0.471 e. The molecule has 29 heavy (non-hydrogen) atoms. The van der Waals surface area contributed by atoms with Crippen molar-refractivity contribution in [3.63, 3.8) is 0 Å². The molecule has 0 saturated heterocycles. The predicted octanol–water partition coefficient (Wildman–Crippen LogP) is 5.95. The zero-order valence-corrected chi connectivity index (χ0v) is 17.2. The number of hydrogen-bond acceptors (Lipinski definition) is 2. The lowest BCUT2D eigenvalue weighted by Gasteiger charge is -2.26. The van der Waals surface area contributed by atoms with Gasteiger partial charge in [-0.3, -0.25) is 4.90 Å². The van der Waals surface area contributed by atoms with Gasteiger partial charge in [0.2, 0.25) is 0 Å². The van der Waals surface area contributed by atoms with Gasteiger partial charge in [0.05, 0.1) is 6.54 Å². The monoisotopic (exact) mass is 388 g/mol. The molecule has 0 fully saturated rings. The molecule has 0 aromatic heterocycles. The third kappa shape index (κ3) is 5.85. The summed E-state index contributed by atoms with van der Waals surface area (Å²) >= 11 is 0. The van der Waals surface area contributed by atoms with Crippen molar-refractivity contribution in [3.05, 3.63) is 96.1 Å². The lowest BCUT2D eigenvalue weighted by Crippen LogP contribution is -2.45. The fourth-order valence-corrected chi connectivity index (χ4v) is 3.07. The van der Waals surface area contributed by atoms with Gasteiger partial charge >= 0.3 is 6.03 Å². The van der Waals surface area contributed by atoms with Gasteiger partial charge in [-0.1, -0.05) is 74.5 Å². The molecule has 3 aromatic rings. The molecule has 3 aromatic carbocycles. The number of ether oxygens (including phenoxy) is 1. The van der Waals surface area contributed by atoms with E-state index in [9.17, 15) is 4.79 Å². The number of carbonyl (C=O) groups excluding carboxylic acids is 1. The summed E-state index contributed by atoms with van der Waals surface area (Å²) in [6, 6.07) is 27.4. The summed E-state index contributed by atoms with van der Waals surface area (Å²) in [5, 5.41) is 2.95. The van der Waals surface area contributed by atoms with E-state index in [1.165, 1.54) is 5.56 Å². The molecule has 0 aliphatic heterocycles. The van der Waals surface area contributed by atoms with Gasteiger partial charge < -0.3 is 10.1 Å². The van der Waals surface area contributed by atoms with Crippen molar-refractivity contribution in [3.8, 4) is 5.75 Å². The van der Waals surface area contributed by atoms with Crippen molar-refractivity contribution in [2.24, 2.45) is 0 Å². The topological polar surface area (TPSA) is 41.6 Å². The van der Waals surface area contributed by atoms with E-state index in [2.05, 4.69) is 31.3 Å². The number of nitrogens with one attached hydrogen (secondary N) is 1. The maximum atomic E-state index is 13.0. The van der Waals surface area contributed by atoms with Crippen molar-refractivity contribution in [2.45, 2.75) is 39.5 Å². The SMILES string of the molecule is CC(NC(=O)N(Cc1ccccc1)c1ccccc1)Oc1ccc(C(C)C)cc1. The average Bonchev–Trinajstić information content (AvgIpc) is 2.73. The second-order valence-corrected chi connectivity index (χ2v) is 7.34. The molecule has 0 spiro atoms. The van der Waals surface area contributed by atoms with E-state index in [0.29, 0.717) is 12.5 Å². The van der Waals surface area contributed by atoms with Crippen LogP contribution in [0.4, 0.5) is 10.5 Å². The summed E-state index contributed by atoms with van der Waals surface area (Å²) in [6.07, 6.45) is -0.464. The Kier molecular flexibility index (Phi) is 6.90. The summed E-state index contributed by atoms with van der Waals surface area (Å²) in [4.78, 5) is 14.7. The smallest absolute Gasteiger partial charge is 0.325 e. The molecule has 0 bridgehead atoms. The lowest BCUT2D eigenvalue weighted by molar-refractivity contribution is 0.180. The van der Waals surface area contributed by atoms with Crippen LogP contribution in [0.15, 0.2) is 84.9 Å². The highest BCUT2D eigenvalue weighted by atomic mass is 16.5. The Morgan fingerprint density at radius 3 is 2.03 bits per heavy atom. The number of amides is 2. The van der Waals surface area contributed by atoms with Crippen molar-refractivity contribution >= 4 is 11.7 Å². The summed E-state index contributed by atoms with van der Waals surface area (Å²) in [5.74, 6) is 1.20. The predicted molar refractivity (Wildman–Crippen MR) is 118 cm³/mol. The van der Waals surface area contributed by atoms with Gasteiger partial charge in [-0.2, -0.15) is 0 Å². The highest BCUT2D eigenvalue weighted by Crippen LogP contribution is 2.20. The quantitative estimate of drug-likeness (QED) is 0.508. The van der Waals surface area contributed by atoms with Crippen LogP contribution in [-0.4, -0.2) is 12.3 Å². The third-order valence-electron chi connectivity index (χ3n) is 4.68. The molecule has 1 N–H and O–H groups in total. The summed E-state index contributed by atoms with van der Waals surface area (Å²) in [6.45, 7) is 6.62. The Labute approximate surface area is 173 Å². The van der Waals surface area contributed by atoms with Crippen LogP contribution in [0.1, 0.15) is 37.8 Å². The average molecular weight is 389 g/mol. The van der Waals surface area contributed by atoms with Gasteiger partial charge in [0.15, 0.2) is 6.23 Å². The Balaban J connectivity index is 1.68. The summed E-state index contributed by atoms with van der Waals surface area (Å²) < 4.78 is 5.90. The molecule has 150 valence electrons. The Morgan fingerprint density at radius 1 is 0.862 bits per heavy atom. The van der Waals surface area contributed by atoms with Crippen molar-refractivity contribution in [1.29, 1.82) is 0 Å². The van der Waals surface area contributed by atoms with Crippen molar-refractivity contribution < 1.29 is 9.53 Å². The Morgan fingerprint density at radius 2 is 1.45 bits per heavy atom. The van der Waals surface area contributed by atoms with Gasteiger partial charge in [-0.05, 0) is 48.2 Å². The standard InChI is InChI=1S/C25H28N2O2/c1-19(2)22-14-16-24(17-15-22)29-20(3)26-25(28)27(23-12-8-5-9-13-23)18-21-10-6-4-7-11-21/h4-17,19-20H,18H2,1-3H3,(H,26,28). The molecule has 4 nitrogen and oxygen atoms in total. The first-order chi connectivity index (χ1) is 14.0. The van der Waals surface area contributed by atoms with Crippen molar-refractivity contribution in [1.82, 2.24) is 5.32 Å². The third-order valence-corrected chi connectivity index (χ3v) is 4.68. The van der Waals surface area contributed by atoms with Crippen molar-refractivity contribution in [2.75, 3.05) is 4.90 Å². The first-order valence-corrected chi connectivity index (χ1v) is 9.96. The van der Waals surface area contributed by atoms with E-state index in [-0.39, 0.29) is 6.03 Å². The van der Waals surface area contributed by atoms with Crippen LogP contribution in [-0.2, 0) is 6.54 Å². The minimum atomic E-state index is -0.464. The number of rotatable bonds is 7. The molecular weight excluding hydrogens is 360 g/mol. The van der Waals surface area contributed by atoms with Crippen LogP contribution in [0.3, 0.4) is 0 Å². The first kappa shape index (κ1) is 20.5.